The molecule has 110 valence electrons. The molecule has 0 saturated carbocycles. The van der Waals surface area contributed by atoms with Gasteiger partial charge in [-0.3, -0.25) is 4.98 Å². The summed E-state index contributed by atoms with van der Waals surface area (Å²) in [6, 6.07) is 6.49. The van der Waals surface area contributed by atoms with E-state index in [0.29, 0.717) is 16.6 Å². The predicted molar refractivity (Wildman–Crippen MR) is 76.3 cm³/mol. The number of quaternary nitrogens is 1. The van der Waals surface area contributed by atoms with Crippen molar-refractivity contribution >= 4 is 34.7 Å². The fraction of sp³-hybridized carbons (Fsp3) is 0.250. The molecule has 2 rings (SSSR count). The number of fused-ring (bicyclic) bond motifs is 1. The van der Waals surface area contributed by atoms with Gasteiger partial charge in [0.05, 0.1) is 29.3 Å². The number of nitrogens with one attached hydrogen (secondary N) is 2. The average Bonchev–Trinajstić information content (AvgIpc) is 2.43. The van der Waals surface area contributed by atoms with E-state index in [2.05, 4.69) is 10.3 Å². The van der Waals surface area contributed by atoms with Crippen LogP contribution in [0.5, 0.6) is 0 Å². The first-order valence-electron chi connectivity index (χ1n) is 5.77. The molecule has 2 atom stereocenters. The lowest BCUT2D eigenvalue weighted by molar-refractivity contribution is -0.990. The highest BCUT2D eigenvalue weighted by molar-refractivity contribution is 5.98. The van der Waals surface area contributed by atoms with Crippen molar-refractivity contribution in [3.8, 4) is 0 Å². The van der Waals surface area contributed by atoms with E-state index >= 15 is 0 Å². The Morgan fingerprint density at radius 2 is 2.10 bits per heavy atom. The predicted octanol–water partition coefficient (Wildman–Crippen LogP) is -0.175. The van der Waals surface area contributed by atoms with Gasteiger partial charge in [0, 0.05) is 18.8 Å². The summed E-state index contributed by atoms with van der Waals surface area (Å²) in [5.41, 5.74) is 1.27. The van der Waals surface area contributed by atoms with Crippen LogP contribution < -0.4 is 10.5 Å². The Balaban J connectivity index is 0.00000200. The van der Waals surface area contributed by atoms with Crippen LogP contribution in [-0.4, -0.2) is 39.7 Å². The van der Waals surface area contributed by atoms with Crippen LogP contribution in [0.25, 0.3) is 10.9 Å². The number of aliphatic hydroxyl groups excluding tert-OH is 2. The minimum Gasteiger partial charge on any atom is -0.595 e. The summed E-state index contributed by atoms with van der Waals surface area (Å²) >= 11 is 0. The summed E-state index contributed by atoms with van der Waals surface area (Å²) in [6.07, 6.45) is 0.655. The van der Waals surface area contributed by atoms with Crippen LogP contribution in [0.1, 0.15) is 0 Å². The van der Waals surface area contributed by atoms with Gasteiger partial charge in [-0.1, -0.05) is 6.07 Å². The van der Waals surface area contributed by atoms with Crippen LogP contribution in [0.2, 0.25) is 0 Å². The first-order valence-corrected chi connectivity index (χ1v) is 5.77. The van der Waals surface area contributed by atoms with Crippen LogP contribution in [-0.2, 0) is 0 Å². The van der Waals surface area contributed by atoms with Crippen LogP contribution in [0.4, 0.5) is 11.4 Å². The molecule has 2 aromatic rings. The Kier molecular flexibility index (Phi) is 6.08. The number of benzene rings is 1. The van der Waals surface area contributed by atoms with Crippen molar-refractivity contribution in [1.82, 2.24) is 4.98 Å². The highest BCUT2D eigenvalue weighted by Crippen LogP contribution is 2.26. The van der Waals surface area contributed by atoms with Gasteiger partial charge in [-0.05, 0) is 12.1 Å². The van der Waals surface area contributed by atoms with Gasteiger partial charge < -0.3 is 20.7 Å². The molecular weight excluding hydrogens is 286 g/mol. The zero-order valence-electron chi connectivity index (χ0n) is 10.5. The summed E-state index contributed by atoms with van der Waals surface area (Å²) < 4.78 is 0. The van der Waals surface area contributed by atoms with Crippen molar-refractivity contribution in [2.75, 3.05) is 18.5 Å². The van der Waals surface area contributed by atoms with Gasteiger partial charge in [-0.2, -0.15) is 5.23 Å². The fourth-order valence-corrected chi connectivity index (χ4v) is 1.82. The van der Waals surface area contributed by atoms with Crippen molar-refractivity contribution in [3.63, 3.8) is 0 Å². The number of aliphatic hydroxyl groups is 2. The van der Waals surface area contributed by atoms with E-state index in [1.807, 2.05) is 0 Å². The Bertz CT molecular complexity index is 562. The molecule has 0 bridgehead atoms. The summed E-state index contributed by atoms with van der Waals surface area (Å²) in [5.74, 6) is 0. The number of aromatic nitrogens is 1. The lowest BCUT2D eigenvalue weighted by Crippen LogP contribution is -2.99. The molecule has 1 heterocycles. The number of hydrogen-bond acceptors (Lipinski definition) is 6. The summed E-state index contributed by atoms with van der Waals surface area (Å²) in [4.78, 5) is 4.12. The summed E-state index contributed by atoms with van der Waals surface area (Å²) in [7, 11) is 0. The molecule has 2 unspecified atom stereocenters. The van der Waals surface area contributed by atoms with Gasteiger partial charge in [-0.15, -0.1) is 12.4 Å². The zero-order valence-corrected chi connectivity index (χ0v) is 11.3. The molecule has 1 aromatic carbocycles. The molecule has 8 heteroatoms. The molecule has 0 amide bonds. The number of rotatable bonds is 5. The first-order chi connectivity index (χ1) is 9.13. The number of nitrogens with zero attached hydrogens (tertiary/aromatic N) is 1. The van der Waals surface area contributed by atoms with Crippen LogP contribution in [0.15, 0.2) is 30.5 Å². The third-order valence-corrected chi connectivity index (χ3v) is 2.74. The molecule has 0 saturated heterocycles. The maximum absolute atomic E-state index is 11.2. The van der Waals surface area contributed by atoms with E-state index in [1.165, 1.54) is 6.07 Å². The zero-order chi connectivity index (χ0) is 13.8. The van der Waals surface area contributed by atoms with Crippen LogP contribution in [0.3, 0.4) is 0 Å². The molecule has 7 nitrogen and oxygen atoms in total. The topological polar surface area (TPSA) is 113 Å². The van der Waals surface area contributed by atoms with E-state index in [-0.39, 0.29) is 31.2 Å². The van der Waals surface area contributed by atoms with E-state index in [4.69, 9.17) is 5.11 Å². The minimum atomic E-state index is -1.04. The lowest BCUT2D eigenvalue weighted by atomic mass is 10.1. The third kappa shape index (κ3) is 3.54. The minimum absolute atomic E-state index is 0. The molecule has 0 spiro atoms. The molecule has 0 aliphatic carbocycles. The van der Waals surface area contributed by atoms with Gasteiger partial charge in [0.1, 0.15) is 0 Å². The lowest BCUT2D eigenvalue weighted by Gasteiger charge is -2.17. The van der Waals surface area contributed by atoms with Gasteiger partial charge in [-0.25, -0.2) is 5.21 Å². The van der Waals surface area contributed by atoms with Gasteiger partial charge in [0.25, 0.3) is 0 Å². The largest absolute Gasteiger partial charge is 0.595 e. The molecule has 0 radical (unpaired) electrons. The van der Waals surface area contributed by atoms with Crippen LogP contribution >= 0.6 is 12.4 Å². The standard InChI is InChI=1S/C12H15N3O4.ClH/c16-7-8(17)6-14-10-4-5-13-9-2-1-3-11(12(9)10)15(18)19;/h1-5,8,15-18H,6-7H2,(H,13,14);1H. The summed E-state index contributed by atoms with van der Waals surface area (Å²) in [5, 5.41) is 40.9. The second kappa shape index (κ2) is 7.34. The van der Waals surface area contributed by atoms with Crippen LogP contribution in [0, 0.1) is 5.21 Å². The smallest absolute Gasteiger partial charge is 0.175 e. The normalized spacial score (nSPS) is 13.6. The number of halogens is 1. The highest BCUT2D eigenvalue weighted by Gasteiger charge is 2.12. The van der Waals surface area contributed by atoms with E-state index in [9.17, 15) is 15.5 Å². The highest BCUT2D eigenvalue weighted by atomic mass is 35.5. The molecular formula is C12H16ClN3O4. The molecule has 1 aromatic heterocycles. The molecule has 0 aliphatic heterocycles. The van der Waals surface area contributed by atoms with Crippen molar-refractivity contribution < 1.29 is 20.6 Å². The second-order valence-corrected chi connectivity index (χ2v) is 4.08. The maximum atomic E-state index is 11.2. The Labute approximate surface area is 121 Å². The average molecular weight is 302 g/mol. The Morgan fingerprint density at radius 3 is 2.75 bits per heavy atom. The molecule has 5 N–H and O–H groups in total. The molecule has 0 aliphatic rings. The quantitative estimate of drug-likeness (QED) is 0.490. The van der Waals surface area contributed by atoms with Gasteiger partial charge in [0.15, 0.2) is 5.69 Å². The second-order valence-electron chi connectivity index (χ2n) is 4.08. The van der Waals surface area contributed by atoms with Crippen molar-refractivity contribution in [3.05, 3.63) is 35.7 Å². The third-order valence-electron chi connectivity index (χ3n) is 2.74. The Hall–Kier alpha value is -1.48. The molecule has 0 fully saturated rings. The maximum Gasteiger partial charge on any atom is 0.175 e. The number of anilines is 1. The fourth-order valence-electron chi connectivity index (χ4n) is 1.82. The Morgan fingerprint density at radius 1 is 1.35 bits per heavy atom. The number of hydrogen-bond donors (Lipinski definition) is 5. The summed E-state index contributed by atoms with van der Waals surface area (Å²) in [6.45, 7) is -0.231. The molecule has 20 heavy (non-hydrogen) atoms. The van der Waals surface area contributed by atoms with E-state index < -0.39 is 11.3 Å². The van der Waals surface area contributed by atoms with E-state index in [1.54, 1.807) is 24.4 Å². The van der Waals surface area contributed by atoms with Crippen molar-refractivity contribution in [2.24, 2.45) is 0 Å². The van der Waals surface area contributed by atoms with Crippen molar-refractivity contribution in [2.45, 2.75) is 6.10 Å². The van der Waals surface area contributed by atoms with Gasteiger partial charge >= 0.3 is 0 Å². The first kappa shape index (κ1) is 16.6. The van der Waals surface area contributed by atoms with Crippen molar-refractivity contribution in [1.29, 1.82) is 0 Å². The van der Waals surface area contributed by atoms with E-state index in [0.717, 1.165) is 0 Å². The monoisotopic (exact) mass is 301 g/mol. The SMILES string of the molecule is Cl.[O-][NH+](O)c1cccc2nccc(NCC(O)CO)c12. The number of pyridine rings is 1. The van der Waals surface area contributed by atoms with Gasteiger partial charge in [0.2, 0.25) is 0 Å².